The molecule has 0 aromatic heterocycles. The van der Waals surface area contributed by atoms with Gasteiger partial charge in [-0.05, 0) is 51.5 Å². The highest BCUT2D eigenvalue weighted by Gasteiger charge is 2.46. The second kappa shape index (κ2) is 11.5. The van der Waals surface area contributed by atoms with Crippen molar-refractivity contribution in [2.75, 3.05) is 13.7 Å². The van der Waals surface area contributed by atoms with E-state index in [-0.39, 0.29) is 12.3 Å². The molecule has 3 atom stereocenters. The molecule has 176 valence electrons. The fourth-order valence-corrected chi connectivity index (χ4v) is 4.84. The molecule has 5 nitrogen and oxygen atoms in total. The highest BCUT2D eigenvalue weighted by atomic mass is 32.2. The molecule has 8 heteroatoms. The fourth-order valence-electron chi connectivity index (χ4n) is 3.89. The summed E-state index contributed by atoms with van der Waals surface area (Å²) in [7, 11) is -0.372. The Morgan fingerprint density at radius 2 is 1.77 bits per heavy atom. The van der Waals surface area contributed by atoms with Crippen LogP contribution in [-0.4, -0.2) is 46.6 Å². The number of hydrogen-bond acceptors (Lipinski definition) is 4. The number of methoxy groups -OCH3 is 1. The summed E-state index contributed by atoms with van der Waals surface area (Å²) in [6, 6.07) is 7.09. The predicted octanol–water partition coefficient (Wildman–Crippen LogP) is 4.00. The average Bonchev–Trinajstić information content (AvgIpc) is 2.74. The van der Waals surface area contributed by atoms with Gasteiger partial charge in [-0.2, -0.15) is 0 Å². The molecule has 1 aromatic rings. The van der Waals surface area contributed by atoms with Crippen molar-refractivity contribution < 1.29 is 22.5 Å². The predicted molar refractivity (Wildman–Crippen MR) is 120 cm³/mol. The van der Waals surface area contributed by atoms with Gasteiger partial charge in [-0.25, -0.2) is 17.7 Å². The van der Waals surface area contributed by atoms with Crippen molar-refractivity contribution in [3.63, 3.8) is 0 Å². The first-order valence-corrected chi connectivity index (χ1v) is 12.1. The van der Waals surface area contributed by atoms with Gasteiger partial charge >= 0.3 is 5.97 Å². The molecule has 0 amide bonds. The molecular weight excluding hydrogens is 422 g/mol. The monoisotopic (exact) mass is 458 g/mol. The van der Waals surface area contributed by atoms with Crippen LogP contribution < -0.4 is 10.0 Å². The summed E-state index contributed by atoms with van der Waals surface area (Å²) in [6.07, 6.45) is 4.44. The molecule has 0 saturated heterocycles. The van der Waals surface area contributed by atoms with E-state index in [0.29, 0.717) is 12.8 Å². The number of rotatable bonds is 10. The Labute approximate surface area is 187 Å². The van der Waals surface area contributed by atoms with Gasteiger partial charge in [0.1, 0.15) is 6.04 Å². The summed E-state index contributed by atoms with van der Waals surface area (Å²) in [5.74, 6) is -4.03. The lowest BCUT2D eigenvalue weighted by atomic mass is 9.81. The van der Waals surface area contributed by atoms with Crippen LogP contribution >= 0.6 is 0 Å². The number of hydrogen-bond donors (Lipinski definition) is 2. The number of benzene rings is 1. The summed E-state index contributed by atoms with van der Waals surface area (Å²) in [5.41, 5.74) is 0.851. The van der Waals surface area contributed by atoms with Gasteiger partial charge in [0.15, 0.2) is 0 Å². The van der Waals surface area contributed by atoms with Crippen LogP contribution in [0.5, 0.6) is 0 Å². The number of nitrogens with one attached hydrogen (secondary N) is 2. The largest absolute Gasteiger partial charge is 0.468 e. The molecule has 1 aliphatic rings. The second-order valence-corrected chi connectivity index (χ2v) is 11.3. The van der Waals surface area contributed by atoms with Gasteiger partial charge in [-0.15, -0.1) is 0 Å². The van der Waals surface area contributed by atoms with Crippen molar-refractivity contribution in [3.05, 3.63) is 35.9 Å². The molecule has 1 aliphatic carbocycles. The van der Waals surface area contributed by atoms with E-state index in [4.69, 9.17) is 4.74 Å². The molecule has 0 radical (unpaired) electrons. The van der Waals surface area contributed by atoms with E-state index >= 15 is 8.78 Å². The second-order valence-electron chi connectivity index (χ2n) is 9.28. The summed E-state index contributed by atoms with van der Waals surface area (Å²) in [4.78, 5) is 12.2. The molecule has 1 saturated carbocycles. The van der Waals surface area contributed by atoms with Gasteiger partial charge in [-0.1, -0.05) is 49.6 Å². The number of carbonyl (C=O) groups is 1. The summed E-state index contributed by atoms with van der Waals surface area (Å²) < 4.78 is 50.5. The third-order valence-electron chi connectivity index (χ3n) is 5.72. The van der Waals surface area contributed by atoms with E-state index in [0.717, 1.165) is 24.8 Å². The third-order valence-corrected chi connectivity index (χ3v) is 7.30. The Bertz CT molecular complexity index is 719. The highest BCUT2D eigenvalue weighted by molar-refractivity contribution is 7.84. The third kappa shape index (κ3) is 7.91. The van der Waals surface area contributed by atoms with Gasteiger partial charge < -0.3 is 4.74 Å². The van der Waals surface area contributed by atoms with Gasteiger partial charge in [0, 0.05) is 0 Å². The lowest BCUT2D eigenvalue weighted by Crippen LogP contribution is -2.58. The lowest BCUT2D eigenvalue weighted by Gasteiger charge is -2.37. The van der Waals surface area contributed by atoms with Crippen molar-refractivity contribution in [1.29, 1.82) is 0 Å². The SMILES string of the molecule is COC(=O)[C@H](Cc1ccccc1)NCC(F)(F)[C@H](N[S@](=O)C(C)(C)C)C1CCCCC1. The summed E-state index contributed by atoms with van der Waals surface area (Å²) in [5, 5.41) is 2.73. The topological polar surface area (TPSA) is 67.4 Å². The van der Waals surface area contributed by atoms with Crippen molar-refractivity contribution in [2.45, 2.75) is 82.0 Å². The molecule has 0 spiro atoms. The molecule has 0 aliphatic heterocycles. The lowest BCUT2D eigenvalue weighted by molar-refractivity contribution is -0.143. The van der Waals surface area contributed by atoms with Gasteiger partial charge in [0.2, 0.25) is 0 Å². The quantitative estimate of drug-likeness (QED) is 0.520. The first-order chi connectivity index (χ1) is 14.5. The van der Waals surface area contributed by atoms with Crippen LogP contribution in [0.3, 0.4) is 0 Å². The van der Waals surface area contributed by atoms with E-state index in [1.165, 1.54) is 7.11 Å². The standard InChI is InChI=1S/C23H36F2N2O3S/c1-22(2,3)31(29)27-20(18-13-9-6-10-14-18)23(24,25)16-26-19(21(28)30-4)15-17-11-7-5-8-12-17/h5,7-8,11-12,18-20,26-27H,6,9-10,13-16H2,1-4H3/t19-,20+,31+/m0/s1. The maximum absolute atomic E-state index is 15.5. The van der Waals surface area contributed by atoms with Crippen molar-refractivity contribution in [1.82, 2.24) is 10.0 Å². The number of halogens is 2. The maximum atomic E-state index is 15.5. The Morgan fingerprint density at radius 1 is 1.16 bits per heavy atom. The first-order valence-electron chi connectivity index (χ1n) is 11.0. The minimum Gasteiger partial charge on any atom is -0.468 e. The van der Waals surface area contributed by atoms with Crippen LogP contribution in [0.15, 0.2) is 30.3 Å². The van der Waals surface area contributed by atoms with Crippen LogP contribution in [0.2, 0.25) is 0 Å². The molecule has 31 heavy (non-hydrogen) atoms. The van der Waals surface area contributed by atoms with Crippen LogP contribution in [0.4, 0.5) is 8.78 Å². The first kappa shape index (κ1) is 25.9. The van der Waals surface area contributed by atoms with Crippen molar-refractivity contribution >= 4 is 17.0 Å². The smallest absolute Gasteiger partial charge is 0.323 e. The molecule has 0 unspecified atom stereocenters. The van der Waals surface area contributed by atoms with Gasteiger partial charge in [0.25, 0.3) is 5.92 Å². The summed E-state index contributed by atoms with van der Waals surface area (Å²) in [6.45, 7) is 4.59. The fraction of sp³-hybridized carbons (Fsp3) is 0.696. The van der Waals surface area contributed by atoms with Crippen LogP contribution in [0, 0.1) is 5.92 Å². The summed E-state index contributed by atoms with van der Waals surface area (Å²) >= 11 is 0. The molecule has 2 N–H and O–H groups in total. The molecule has 0 heterocycles. The van der Waals surface area contributed by atoms with Crippen molar-refractivity contribution in [3.8, 4) is 0 Å². The van der Waals surface area contributed by atoms with E-state index in [1.54, 1.807) is 20.8 Å². The minimum absolute atomic E-state index is 0.249. The van der Waals surface area contributed by atoms with E-state index in [1.807, 2.05) is 30.3 Å². The molecule has 1 fully saturated rings. The van der Waals surface area contributed by atoms with Crippen LogP contribution in [0.1, 0.15) is 58.4 Å². The molecular formula is C23H36F2N2O3S. The molecule has 2 rings (SSSR count). The molecule has 1 aromatic carbocycles. The Morgan fingerprint density at radius 3 is 2.32 bits per heavy atom. The van der Waals surface area contributed by atoms with E-state index < -0.39 is 46.3 Å². The van der Waals surface area contributed by atoms with Gasteiger partial charge in [-0.3, -0.25) is 10.1 Å². The van der Waals surface area contributed by atoms with E-state index in [2.05, 4.69) is 10.0 Å². The maximum Gasteiger partial charge on any atom is 0.323 e. The zero-order valence-corrected chi connectivity index (χ0v) is 19.8. The Hall–Kier alpha value is -1.38. The van der Waals surface area contributed by atoms with E-state index in [9.17, 15) is 9.00 Å². The molecule has 0 bridgehead atoms. The van der Waals surface area contributed by atoms with Crippen molar-refractivity contribution in [2.24, 2.45) is 5.92 Å². The van der Waals surface area contributed by atoms with Gasteiger partial charge in [0.05, 0.1) is 35.4 Å². The zero-order valence-electron chi connectivity index (χ0n) is 19.0. The normalized spacial score (nSPS) is 18.9. The number of carbonyl (C=O) groups excluding carboxylic acids is 1. The Kier molecular flexibility index (Phi) is 9.58. The number of ether oxygens (including phenoxy) is 1. The van der Waals surface area contributed by atoms with Crippen LogP contribution in [0.25, 0.3) is 0 Å². The number of alkyl halides is 2. The average molecular weight is 459 g/mol. The Balaban J connectivity index is 2.15. The zero-order chi connectivity index (χ0) is 23.1. The highest BCUT2D eigenvalue weighted by Crippen LogP contribution is 2.34. The van der Waals surface area contributed by atoms with Crippen LogP contribution in [-0.2, 0) is 26.9 Å². The number of esters is 1. The minimum atomic E-state index is -3.19.